The maximum Gasteiger partial charge on any atom is 0.229 e. The smallest absolute Gasteiger partial charge is 0.229 e. The van der Waals surface area contributed by atoms with Gasteiger partial charge in [-0.15, -0.1) is 0 Å². The van der Waals surface area contributed by atoms with Crippen molar-refractivity contribution >= 4 is 30.7 Å². The van der Waals surface area contributed by atoms with Crippen LogP contribution >= 0.6 is 0 Å². The summed E-state index contributed by atoms with van der Waals surface area (Å²) in [5, 5.41) is 5.10. The molecule has 6 rings (SSSR count). The number of fused-ring (bicyclic) bond motifs is 3. The molecule has 3 aromatic rings. The van der Waals surface area contributed by atoms with Gasteiger partial charge in [0, 0.05) is 57.8 Å². The minimum Gasteiger partial charge on any atom is -0.381 e. The molecule has 3 heterocycles. The number of anilines is 1. The Labute approximate surface area is 245 Å². The number of carbonyl (C=O) groups excluding carboxylic acids is 1. The van der Waals surface area contributed by atoms with E-state index >= 15 is 0 Å². The van der Waals surface area contributed by atoms with E-state index in [4.69, 9.17) is 19.6 Å². The van der Waals surface area contributed by atoms with Crippen LogP contribution in [0.1, 0.15) is 49.9 Å². The van der Waals surface area contributed by atoms with Gasteiger partial charge < -0.3 is 19.4 Å². The topological polar surface area (TPSA) is 85.3 Å². The molecule has 3 aliphatic rings. The molecule has 2 aromatic heterocycles. The normalized spacial score (nSPS) is 23.3. The Morgan fingerprint density at radius 2 is 2.05 bits per heavy atom. The average Bonchev–Trinajstić information content (AvgIpc) is 3.24. The molecule has 2 aliphatic carbocycles. The highest BCUT2D eigenvalue weighted by atomic mass is 28.3. The molecule has 1 unspecified atom stereocenters. The summed E-state index contributed by atoms with van der Waals surface area (Å²) in [5.41, 5.74) is 7.80. The van der Waals surface area contributed by atoms with Gasteiger partial charge in [0.2, 0.25) is 5.91 Å². The lowest BCUT2D eigenvalue weighted by atomic mass is 9.86. The SMILES string of the molecule is Cc1cc2[nH]c(-c3nn(COCC[Si](C)(C)C)c4c3C[C@@H]3C[C@]3(C)C4)nc2cc1N(C)C(=O)C(C)C1CCOCC1. The van der Waals surface area contributed by atoms with Crippen molar-refractivity contribution in [2.45, 2.75) is 85.3 Å². The second-order valence-corrected chi connectivity index (χ2v) is 20.1. The molecule has 1 aromatic carbocycles. The molecular formula is C32H47N5O3Si. The van der Waals surface area contributed by atoms with Crippen LogP contribution < -0.4 is 4.90 Å². The summed E-state index contributed by atoms with van der Waals surface area (Å²) in [6.45, 7) is 16.5. The van der Waals surface area contributed by atoms with Crippen LogP contribution in [0.3, 0.4) is 0 Å². The van der Waals surface area contributed by atoms with E-state index in [1.165, 1.54) is 17.7 Å². The number of benzene rings is 1. The number of aryl methyl sites for hydroxylation is 1. The van der Waals surface area contributed by atoms with Crippen LogP contribution in [0.2, 0.25) is 25.7 Å². The van der Waals surface area contributed by atoms with Crippen molar-refractivity contribution < 1.29 is 14.3 Å². The molecule has 0 spiro atoms. The van der Waals surface area contributed by atoms with Crippen LogP contribution in [0.5, 0.6) is 0 Å². The minimum absolute atomic E-state index is 0.0368. The van der Waals surface area contributed by atoms with E-state index < -0.39 is 8.07 Å². The fourth-order valence-corrected chi connectivity index (χ4v) is 7.67. The van der Waals surface area contributed by atoms with Crippen LogP contribution in [0.25, 0.3) is 22.6 Å². The van der Waals surface area contributed by atoms with Gasteiger partial charge in [-0.25, -0.2) is 9.67 Å². The third-order valence-electron chi connectivity index (χ3n) is 10.0. The summed E-state index contributed by atoms with van der Waals surface area (Å²) in [6.07, 6.45) is 5.29. The minimum atomic E-state index is -1.15. The highest BCUT2D eigenvalue weighted by molar-refractivity contribution is 6.76. The van der Waals surface area contributed by atoms with Crippen LogP contribution in [0.15, 0.2) is 12.1 Å². The first-order valence-corrected chi connectivity index (χ1v) is 19.2. The Bertz CT molecular complexity index is 1450. The van der Waals surface area contributed by atoms with Gasteiger partial charge in [-0.3, -0.25) is 4.79 Å². The monoisotopic (exact) mass is 577 g/mol. The average molecular weight is 578 g/mol. The summed E-state index contributed by atoms with van der Waals surface area (Å²) in [7, 11) is 0.749. The zero-order valence-corrected chi connectivity index (χ0v) is 27.0. The van der Waals surface area contributed by atoms with Gasteiger partial charge in [0.25, 0.3) is 0 Å². The van der Waals surface area contributed by atoms with Crippen molar-refractivity contribution in [2.75, 3.05) is 31.8 Å². The maximum absolute atomic E-state index is 13.5. The fraction of sp³-hybridized carbons (Fsp3) is 0.656. The first-order chi connectivity index (χ1) is 19.4. The van der Waals surface area contributed by atoms with E-state index in [1.54, 1.807) is 0 Å². The van der Waals surface area contributed by atoms with Crippen LogP contribution in [-0.4, -0.2) is 60.6 Å². The second kappa shape index (κ2) is 10.7. The summed E-state index contributed by atoms with van der Waals surface area (Å²) >= 11 is 0. The number of amides is 1. The molecule has 1 N–H and O–H groups in total. The quantitative estimate of drug-likeness (QED) is 0.242. The molecule has 3 atom stereocenters. The maximum atomic E-state index is 13.5. The molecule has 1 saturated heterocycles. The highest BCUT2D eigenvalue weighted by Crippen LogP contribution is 2.60. The van der Waals surface area contributed by atoms with E-state index in [1.807, 2.05) is 11.9 Å². The molecule has 1 aliphatic heterocycles. The standard InChI is InChI=1S/C32H47N5O3Si/c1-20-14-25-26(16-27(20)36(4)31(38)21(2)22-8-10-39-11-9-22)34-30(33-25)29-24-15-23-17-32(23,3)18-28(24)37(35-29)19-40-12-13-41(5,6)7/h14,16,21-23H,8-13,15,17-19H2,1-7H3,(H,33,34)/t21?,23-,32-/m1/s1. The third kappa shape index (κ3) is 5.65. The molecule has 41 heavy (non-hydrogen) atoms. The summed E-state index contributed by atoms with van der Waals surface area (Å²) in [4.78, 5) is 23.9. The largest absolute Gasteiger partial charge is 0.381 e. The van der Waals surface area contributed by atoms with E-state index in [9.17, 15) is 4.79 Å². The van der Waals surface area contributed by atoms with E-state index in [0.717, 1.165) is 91.3 Å². The zero-order chi connectivity index (χ0) is 29.1. The number of nitrogens with one attached hydrogen (secondary N) is 1. The number of hydrogen-bond donors (Lipinski definition) is 1. The van der Waals surface area contributed by atoms with Gasteiger partial charge in [-0.1, -0.05) is 33.5 Å². The molecule has 8 nitrogen and oxygen atoms in total. The predicted octanol–water partition coefficient (Wildman–Crippen LogP) is 6.20. The van der Waals surface area contributed by atoms with Crippen molar-refractivity contribution in [1.29, 1.82) is 0 Å². The number of nitrogens with zero attached hydrogens (tertiary/aromatic N) is 4. The van der Waals surface area contributed by atoms with Crippen molar-refractivity contribution in [2.24, 2.45) is 23.2 Å². The summed E-state index contributed by atoms with van der Waals surface area (Å²) < 4.78 is 13.8. The molecular weight excluding hydrogens is 530 g/mol. The van der Waals surface area contributed by atoms with E-state index in [2.05, 4.69) is 62.2 Å². The Kier molecular flexibility index (Phi) is 7.43. The van der Waals surface area contributed by atoms with Gasteiger partial charge in [0.05, 0.1) is 11.0 Å². The number of H-pyrrole nitrogens is 1. The molecule has 1 amide bonds. The number of aromatic nitrogens is 4. The van der Waals surface area contributed by atoms with E-state index in [-0.39, 0.29) is 11.8 Å². The zero-order valence-electron chi connectivity index (χ0n) is 26.0. The fourth-order valence-electron chi connectivity index (χ4n) is 6.91. The number of ether oxygens (including phenoxy) is 2. The molecule has 0 bridgehead atoms. The van der Waals surface area contributed by atoms with Crippen molar-refractivity contribution in [3.63, 3.8) is 0 Å². The summed E-state index contributed by atoms with van der Waals surface area (Å²) in [6, 6.07) is 5.32. The van der Waals surface area contributed by atoms with Gasteiger partial charge in [0.15, 0.2) is 5.82 Å². The van der Waals surface area contributed by atoms with Gasteiger partial charge in [0.1, 0.15) is 12.4 Å². The Balaban J connectivity index is 1.27. The molecule has 0 radical (unpaired) electrons. The van der Waals surface area contributed by atoms with Gasteiger partial charge in [-0.05, 0) is 80.0 Å². The molecule has 9 heteroatoms. The molecule has 1 saturated carbocycles. The van der Waals surface area contributed by atoms with Crippen LogP contribution in [0.4, 0.5) is 5.69 Å². The Hall–Kier alpha value is -2.49. The first-order valence-electron chi connectivity index (χ1n) is 15.5. The first kappa shape index (κ1) is 28.6. The number of imidazole rings is 1. The van der Waals surface area contributed by atoms with Crippen LogP contribution in [0, 0.1) is 30.1 Å². The second-order valence-electron chi connectivity index (χ2n) is 14.4. The van der Waals surface area contributed by atoms with Crippen molar-refractivity contribution in [3.05, 3.63) is 29.0 Å². The number of aromatic amines is 1. The Morgan fingerprint density at radius 3 is 2.78 bits per heavy atom. The number of carbonyl (C=O) groups is 1. The highest BCUT2D eigenvalue weighted by Gasteiger charge is 2.54. The van der Waals surface area contributed by atoms with E-state index in [0.29, 0.717) is 18.1 Å². The van der Waals surface area contributed by atoms with Crippen molar-refractivity contribution in [3.8, 4) is 11.5 Å². The van der Waals surface area contributed by atoms with Gasteiger partial charge in [-0.2, -0.15) is 5.10 Å². The number of rotatable bonds is 9. The van der Waals surface area contributed by atoms with Gasteiger partial charge >= 0.3 is 0 Å². The lowest BCUT2D eigenvalue weighted by Gasteiger charge is -2.30. The van der Waals surface area contributed by atoms with Crippen molar-refractivity contribution in [1.82, 2.24) is 19.7 Å². The van der Waals surface area contributed by atoms with Crippen LogP contribution in [-0.2, 0) is 33.8 Å². The predicted molar refractivity (Wildman–Crippen MR) is 166 cm³/mol. The summed E-state index contributed by atoms with van der Waals surface area (Å²) in [5.74, 6) is 2.03. The lowest BCUT2D eigenvalue weighted by molar-refractivity contribution is -0.124. The third-order valence-corrected chi connectivity index (χ3v) is 11.7. The Morgan fingerprint density at radius 1 is 1.29 bits per heavy atom. The number of hydrogen-bond acceptors (Lipinski definition) is 5. The molecule has 222 valence electrons. The lowest BCUT2D eigenvalue weighted by Crippen LogP contribution is -2.37. The molecule has 2 fully saturated rings.